The van der Waals surface area contributed by atoms with E-state index in [1.807, 2.05) is 18.2 Å². The minimum absolute atomic E-state index is 0.00898. The average molecular weight is 288 g/mol. The van der Waals surface area contributed by atoms with E-state index in [-0.39, 0.29) is 11.7 Å². The molecule has 1 N–H and O–H groups in total. The first-order valence-electron chi connectivity index (χ1n) is 7.06. The standard InChI is InChI=1S/C16H16O5/c1-19-10-2-3-11-12-8-20-14-6-9(17)4-5-16(14,18)15(12)21-13(11)7-10/h2-3,6-7,12,15,18H,4-5,8H2,1H3/t12-,15+,16+/m0/s1. The Morgan fingerprint density at radius 1 is 1.43 bits per heavy atom. The van der Waals surface area contributed by atoms with E-state index in [9.17, 15) is 9.90 Å². The molecular weight excluding hydrogens is 272 g/mol. The van der Waals surface area contributed by atoms with Crippen LogP contribution >= 0.6 is 0 Å². The molecular formula is C16H16O5. The SMILES string of the molecule is COc1ccc2c(c1)O[C@@H]1[C@H]2COC2=CC(=O)CC[C@@]21O. The smallest absolute Gasteiger partial charge is 0.159 e. The zero-order chi connectivity index (χ0) is 14.6. The number of ether oxygens (including phenoxy) is 3. The summed E-state index contributed by atoms with van der Waals surface area (Å²) in [4.78, 5) is 11.5. The Balaban J connectivity index is 1.75. The van der Waals surface area contributed by atoms with Crippen molar-refractivity contribution in [3.8, 4) is 11.5 Å². The summed E-state index contributed by atoms with van der Waals surface area (Å²) in [5.41, 5.74) is -0.200. The van der Waals surface area contributed by atoms with E-state index in [0.29, 0.717) is 25.2 Å². The van der Waals surface area contributed by atoms with E-state index in [4.69, 9.17) is 14.2 Å². The maximum absolute atomic E-state index is 11.5. The largest absolute Gasteiger partial charge is 0.497 e. The average Bonchev–Trinajstić information content (AvgIpc) is 2.87. The van der Waals surface area contributed by atoms with Gasteiger partial charge in [-0.05, 0) is 12.5 Å². The van der Waals surface area contributed by atoms with Gasteiger partial charge < -0.3 is 19.3 Å². The van der Waals surface area contributed by atoms with E-state index in [1.54, 1.807) is 7.11 Å². The lowest BCUT2D eigenvalue weighted by molar-refractivity contribution is -0.132. The molecule has 2 heterocycles. The predicted octanol–water partition coefficient (Wildman–Crippen LogP) is 1.55. The summed E-state index contributed by atoms with van der Waals surface area (Å²) in [6.07, 6.45) is 1.65. The molecule has 0 amide bonds. The maximum Gasteiger partial charge on any atom is 0.159 e. The second-order valence-electron chi connectivity index (χ2n) is 5.76. The number of methoxy groups -OCH3 is 1. The van der Waals surface area contributed by atoms with Crippen molar-refractivity contribution >= 4 is 5.78 Å². The molecule has 5 heteroatoms. The third-order valence-electron chi connectivity index (χ3n) is 4.60. The summed E-state index contributed by atoms with van der Waals surface area (Å²) < 4.78 is 16.9. The quantitative estimate of drug-likeness (QED) is 0.849. The topological polar surface area (TPSA) is 65.0 Å². The van der Waals surface area contributed by atoms with E-state index >= 15 is 0 Å². The van der Waals surface area contributed by atoms with Crippen molar-refractivity contribution in [3.63, 3.8) is 0 Å². The molecule has 0 spiro atoms. The normalized spacial score (nSPS) is 33.0. The number of ketones is 1. The lowest BCUT2D eigenvalue weighted by Gasteiger charge is -2.43. The number of carbonyl (C=O) groups is 1. The van der Waals surface area contributed by atoms with Crippen LogP contribution in [0.2, 0.25) is 0 Å². The lowest BCUT2D eigenvalue weighted by atomic mass is 9.76. The zero-order valence-electron chi connectivity index (χ0n) is 11.7. The molecule has 1 aromatic rings. The van der Waals surface area contributed by atoms with Crippen LogP contribution in [-0.4, -0.2) is 36.3 Å². The molecule has 1 aromatic carbocycles. The molecule has 0 unspecified atom stereocenters. The monoisotopic (exact) mass is 288 g/mol. The van der Waals surface area contributed by atoms with Gasteiger partial charge in [-0.2, -0.15) is 0 Å². The maximum atomic E-state index is 11.5. The highest BCUT2D eigenvalue weighted by Crippen LogP contribution is 2.50. The molecule has 0 aromatic heterocycles. The van der Waals surface area contributed by atoms with Gasteiger partial charge >= 0.3 is 0 Å². The summed E-state index contributed by atoms with van der Waals surface area (Å²) in [5, 5.41) is 11.0. The highest BCUT2D eigenvalue weighted by molar-refractivity contribution is 5.91. The van der Waals surface area contributed by atoms with Crippen LogP contribution < -0.4 is 9.47 Å². The fraction of sp³-hybridized carbons (Fsp3) is 0.438. The summed E-state index contributed by atoms with van der Waals surface area (Å²) in [6.45, 7) is 0.408. The van der Waals surface area contributed by atoms with Crippen LogP contribution in [0.3, 0.4) is 0 Å². The molecule has 2 aliphatic heterocycles. The van der Waals surface area contributed by atoms with Crippen LogP contribution in [0.25, 0.3) is 0 Å². The second-order valence-corrected chi connectivity index (χ2v) is 5.76. The summed E-state index contributed by atoms with van der Waals surface area (Å²) in [7, 11) is 1.61. The van der Waals surface area contributed by atoms with E-state index in [1.165, 1.54) is 6.08 Å². The fourth-order valence-corrected chi connectivity index (χ4v) is 3.45. The van der Waals surface area contributed by atoms with Gasteiger partial charge in [0, 0.05) is 24.1 Å². The van der Waals surface area contributed by atoms with Gasteiger partial charge in [-0.1, -0.05) is 6.07 Å². The Kier molecular flexibility index (Phi) is 2.57. The Labute approximate surface area is 122 Å². The molecule has 3 atom stereocenters. The van der Waals surface area contributed by atoms with Gasteiger partial charge in [-0.15, -0.1) is 0 Å². The number of hydrogen-bond donors (Lipinski definition) is 1. The van der Waals surface area contributed by atoms with Crippen molar-refractivity contribution in [2.45, 2.75) is 30.5 Å². The Morgan fingerprint density at radius 3 is 3.10 bits per heavy atom. The van der Waals surface area contributed by atoms with Gasteiger partial charge in [0.1, 0.15) is 23.4 Å². The van der Waals surface area contributed by atoms with Crippen LogP contribution in [0.1, 0.15) is 24.3 Å². The van der Waals surface area contributed by atoms with Gasteiger partial charge in [0.2, 0.25) is 0 Å². The number of rotatable bonds is 1. The molecule has 0 bridgehead atoms. The molecule has 3 aliphatic rings. The first-order valence-corrected chi connectivity index (χ1v) is 7.06. The highest BCUT2D eigenvalue weighted by Gasteiger charge is 2.56. The van der Waals surface area contributed by atoms with E-state index < -0.39 is 11.7 Å². The second kappa shape index (κ2) is 4.24. The Hall–Kier alpha value is -2.01. The van der Waals surface area contributed by atoms with Gasteiger partial charge in [0.25, 0.3) is 0 Å². The molecule has 110 valence electrons. The fourth-order valence-electron chi connectivity index (χ4n) is 3.45. The number of carbonyl (C=O) groups excluding carboxylic acids is 1. The van der Waals surface area contributed by atoms with Gasteiger partial charge in [0.05, 0.1) is 19.6 Å². The molecule has 0 radical (unpaired) electrons. The van der Waals surface area contributed by atoms with Crippen molar-refractivity contribution < 1.29 is 24.1 Å². The molecule has 1 aliphatic carbocycles. The minimum Gasteiger partial charge on any atom is -0.497 e. The van der Waals surface area contributed by atoms with Crippen molar-refractivity contribution in [2.75, 3.05) is 13.7 Å². The third-order valence-corrected chi connectivity index (χ3v) is 4.60. The van der Waals surface area contributed by atoms with Crippen LogP contribution in [-0.2, 0) is 9.53 Å². The van der Waals surface area contributed by atoms with E-state index in [0.717, 1.165) is 17.1 Å². The van der Waals surface area contributed by atoms with Crippen LogP contribution in [0.15, 0.2) is 30.0 Å². The molecule has 5 nitrogen and oxygen atoms in total. The van der Waals surface area contributed by atoms with Crippen molar-refractivity contribution in [1.82, 2.24) is 0 Å². The van der Waals surface area contributed by atoms with Gasteiger partial charge in [0.15, 0.2) is 11.4 Å². The van der Waals surface area contributed by atoms with Crippen molar-refractivity contribution in [2.24, 2.45) is 0 Å². The van der Waals surface area contributed by atoms with Crippen LogP contribution in [0.4, 0.5) is 0 Å². The first kappa shape index (κ1) is 12.7. The number of aliphatic hydroxyl groups is 1. The zero-order valence-corrected chi connectivity index (χ0v) is 11.7. The summed E-state index contributed by atoms with van der Waals surface area (Å²) >= 11 is 0. The lowest BCUT2D eigenvalue weighted by Crippen LogP contribution is -2.55. The van der Waals surface area contributed by atoms with Gasteiger partial charge in [-0.3, -0.25) is 4.79 Å². The summed E-state index contributed by atoms with van der Waals surface area (Å²) in [6, 6.07) is 5.66. The van der Waals surface area contributed by atoms with Crippen molar-refractivity contribution in [1.29, 1.82) is 0 Å². The highest BCUT2D eigenvalue weighted by atomic mass is 16.5. The first-order chi connectivity index (χ1) is 10.1. The van der Waals surface area contributed by atoms with Crippen LogP contribution in [0, 0.1) is 0 Å². The number of fused-ring (bicyclic) bond motifs is 5. The molecule has 1 saturated heterocycles. The molecule has 0 saturated carbocycles. The molecule has 4 rings (SSSR count). The number of benzene rings is 1. The number of hydrogen-bond acceptors (Lipinski definition) is 5. The van der Waals surface area contributed by atoms with Crippen LogP contribution in [0.5, 0.6) is 11.5 Å². The molecule has 1 fully saturated rings. The van der Waals surface area contributed by atoms with Gasteiger partial charge in [-0.25, -0.2) is 0 Å². The predicted molar refractivity (Wildman–Crippen MR) is 73.4 cm³/mol. The molecule has 21 heavy (non-hydrogen) atoms. The van der Waals surface area contributed by atoms with Crippen molar-refractivity contribution in [3.05, 3.63) is 35.6 Å². The third kappa shape index (κ3) is 1.70. The Morgan fingerprint density at radius 2 is 2.29 bits per heavy atom. The Bertz CT molecular complexity index is 650. The van der Waals surface area contributed by atoms with E-state index in [2.05, 4.69) is 0 Å². The summed E-state index contributed by atoms with van der Waals surface area (Å²) in [5.74, 6) is 1.75. The minimum atomic E-state index is -1.22. The number of allylic oxidation sites excluding steroid dienone is 1.